The molecule has 1 heterocycles. The van der Waals surface area contributed by atoms with E-state index in [0.29, 0.717) is 18.9 Å². The van der Waals surface area contributed by atoms with Crippen molar-refractivity contribution in [3.63, 3.8) is 0 Å². The molecule has 0 radical (unpaired) electrons. The highest BCUT2D eigenvalue weighted by Crippen LogP contribution is 2.36. The van der Waals surface area contributed by atoms with Crippen LogP contribution in [0.4, 0.5) is 8.78 Å². The fourth-order valence-corrected chi connectivity index (χ4v) is 2.33. The van der Waals surface area contributed by atoms with Gasteiger partial charge in [0, 0.05) is 12.0 Å². The van der Waals surface area contributed by atoms with Crippen molar-refractivity contribution in [2.45, 2.75) is 25.7 Å². The second kappa shape index (κ2) is 5.65. The van der Waals surface area contributed by atoms with E-state index in [-0.39, 0.29) is 17.9 Å². The van der Waals surface area contributed by atoms with Crippen LogP contribution in [0, 0.1) is 5.92 Å². The van der Waals surface area contributed by atoms with Gasteiger partial charge in [-0.05, 0) is 56.6 Å². The third-order valence-electron chi connectivity index (χ3n) is 3.30. The monoisotopic (exact) mass is 255 g/mol. The van der Waals surface area contributed by atoms with E-state index in [1.165, 1.54) is 12.1 Å². The number of rotatable bonds is 5. The van der Waals surface area contributed by atoms with Gasteiger partial charge in [0.15, 0.2) is 0 Å². The lowest BCUT2D eigenvalue weighted by molar-refractivity contribution is -0.0268. The van der Waals surface area contributed by atoms with Crippen molar-refractivity contribution < 1.29 is 13.5 Å². The lowest BCUT2D eigenvalue weighted by atomic mass is 9.95. The Balaban J connectivity index is 2.03. The molecule has 1 aliphatic heterocycles. The predicted molar refractivity (Wildman–Crippen MR) is 67.1 cm³/mol. The van der Waals surface area contributed by atoms with Crippen molar-refractivity contribution in [3.05, 3.63) is 29.8 Å². The van der Waals surface area contributed by atoms with E-state index < -0.39 is 5.92 Å². The third-order valence-corrected chi connectivity index (χ3v) is 3.30. The van der Waals surface area contributed by atoms with Gasteiger partial charge in [-0.3, -0.25) is 0 Å². The summed E-state index contributed by atoms with van der Waals surface area (Å²) in [6.07, 6.45) is 0.764. The molecule has 100 valence electrons. The van der Waals surface area contributed by atoms with Gasteiger partial charge in [0.25, 0.3) is 5.92 Å². The third kappa shape index (κ3) is 3.19. The minimum atomic E-state index is -2.75. The molecular weight excluding hydrogens is 236 g/mol. The van der Waals surface area contributed by atoms with Crippen LogP contribution in [-0.4, -0.2) is 19.7 Å². The fourth-order valence-electron chi connectivity index (χ4n) is 2.33. The van der Waals surface area contributed by atoms with Gasteiger partial charge in [-0.2, -0.15) is 0 Å². The number of hydrogen-bond acceptors (Lipinski definition) is 2. The van der Waals surface area contributed by atoms with Crippen molar-refractivity contribution >= 4 is 0 Å². The minimum Gasteiger partial charge on any atom is -0.494 e. The molecule has 1 atom stereocenters. The molecule has 0 aromatic heterocycles. The van der Waals surface area contributed by atoms with Gasteiger partial charge in [0.05, 0.1) is 6.61 Å². The minimum absolute atomic E-state index is 0.0754. The van der Waals surface area contributed by atoms with Gasteiger partial charge in [-0.15, -0.1) is 0 Å². The highest BCUT2D eigenvalue weighted by molar-refractivity contribution is 5.29. The maximum Gasteiger partial charge on any atom is 0.273 e. The van der Waals surface area contributed by atoms with Crippen LogP contribution in [0.25, 0.3) is 0 Å². The van der Waals surface area contributed by atoms with Crippen LogP contribution in [0.3, 0.4) is 0 Å². The summed E-state index contributed by atoms with van der Waals surface area (Å²) < 4.78 is 33.4. The predicted octanol–water partition coefficient (Wildman–Crippen LogP) is 3.18. The van der Waals surface area contributed by atoms with Crippen molar-refractivity contribution in [1.29, 1.82) is 0 Å². The van der Waals surface area contributed by atoms with Gasteiger partial charge in [-0.25, -0.2) is 8.78 Å². The first-order chi connectivity index (χ1) is 8.62. The topological polar surface area (TPSA) is 21.3 Å². The fraction of sp³-hybridized carbons (Fsp3) is 0.571. The van der Waals surface area contributed by atoms with E-state index in [1.54, 1.807) is 12.1 Å². The molecule has 0 saturated carbocycles. The second-order valence-corrected chi connectivity index (χ2v) is 4.72. The van der Waals surface area contributed by atoms with Crippen LogP contribution in [0.2, 0.25) is 0 Å². The second-order valence-electron chi connectivity index (χ2n) is 4.72. The molecule has 1 aromatic rings. The summed E-state index contributed by atoms with van der Waals surface area (Å²) in [6.45, 7) is 3.97. The Morgan fingerprint density at radius 2 is 2.06 bits per heavy atom. The number of benzene rings is 1. The summed E-state index contributed by atoms with van der Waals surface area (Å²) in [7, 11) is 0. The van der Waals surface area contributed by atoms with Gasteiger partial charge < -0.3 is 10.1 Å². The molecular formula is C14H19F2NO. The zero-order valence-corrected chi connectivity index (χ0v) is 10.6. The van der Waals surface area contributed by atoms with Gasteiger partial charge in [-0.1, -0.05) is 0 Å². The maximum absolute atomic E-state index is 14.1. The van der Waals surface area contributed by atoms with Crippen LogP contribution in [0.15, 0.2) is 24.3 Å². The first kappa shape index (κ1) is 13.3. The lowest BCUT2D eigenvalue weighted by Crippen LogP contribution is -2.20. The van der Waals surface area contributed by atoms with Crippen LogP contribution in [-0.2, 0) is 5.92 Å². The van der Waals surface area contributed by atoms with E-state index in [2.05, 4.69) is 5.32 Å². The molecule has 1 unspecified atom stereocenters. The smallest absolute Gasteiger partial charge is 0.273 e. The largest absolute Gasteiger partial charge is 0.494 e. The van der Waals surface area contributed by atoms with Crippen molar-refractivity contribution in [1.82, 2.24) is 5.32 Å². The Morgan fingerprint density at radius 1 is 1.33 bits per heavy atom. The standard InChI is InChI=1S/C14H19F2NO/c1-2-18-13-5-3-12(4-6-13)14(15,16)9-11-7-8-17-10-11/h3-6,11,17H,2,7-10H2,1H3. The van der Waals surface area contributed by atoms with E-state index in [1.807, 2.05) is 6.92 Å². The van der Waals surface area contributed by atoms with Crippen molar-refractivity contribution in [2.75, 3.05) is 19.7 Å². The molecule has 1 aliphatic rings. The Kier molecular flexibility index (Phi) is 4.17. The molecule has 2 nitrogen and oxygen atoms in total. The number of halogens is 2. The number of ether oxygens (including phenoxy) is 1. The maximum atomic E-state index is 14.1. The molecule has 1 aromatic carbocycles. The first-order valence-electron chi connectivity index (χ1n) is 6.43. The summed E-state index contributed by atoms with van der Waals surface area (Å²) >= 11 is 0. The zero-order valence-electron chi connectivity index (χ0n) is 10.6. The molecule has 2 rings (SSSR count). The average molecular weight is 255 g/mol. The first-order valence-corrected chi connectivity index (χ1v) is 6.43. The highest BCUT2D eigenvalue weighted by Gasteiger charge is 2.35. The summed E-state index contributed by atoms with van der Waals surface area (Å²) in [6, 6.07) is 6.15. The summed E-state index contributed by atoms with van der Waals surface area (Å²) in [4.78, 5) is 0. The Morgan fingerprint density at radius 3 is 2.61 bits per heavy atom. The zero-order chi connectivity index (χ0) is 13.0. The van der Waals surface area contributed by atoms with E-state index in [9.17, 15) is 8.78 Å². The molecule has 1 saturated heterocycles. The molecule has 0 aliphatic carbocycles. The molecule has 4 heteroatoms. The quantitative estimate of drug-likeness (QED) is 0.872. The molecule has 0 spiro atoms. The van der Waals surface area contributed by atoms with Crippen molar-refractivity contribution in [2.24, 2.45) is 5.92 Å². The SMILES string of the molecule is CCOc1ccc(C(F)(F)CC2CCNC2)cc1. The Labute approximate surface area is 106 Å². The Bertz CT molecular complexity index is 372. The molecule has 18 heavy (non-hydrogen) atoms. The average Bonchev–Trinajstić information content (AvgIpc) is 2.82. The molecule has 0 bridgehead atoms. The van der Waals surface area contributed by atoms with E-state index in [0.717, 1.165) is 13.0 Å². The molecule has 1 N–H and O–H groups in total. The van der Waals surface area contributed by atoms with Crippen LogP contribution in [0.5, 0.6) is 5.75 Å². The number of hydrogen-bond donors (Lipinski definition) is 1. The molecule has 1 fully saturated rings. The van der Waals surface area contributed by atoms with Gasteiger partial charge in [0.2, 0.25) is 0 Å². The van der Waals surface area contributed by atoms with Crippen LogP contribution < -0.4 is 10.1 Å². The summed E-state index contributed by atoms with van der Waals surface area (Å²) in [5.41, 5.74) is 0.0813. The van der Waals surface area contributed by atoms with Gasteiger partial charge in [0.1, 0.15) is 5.75 Å². The highest BCUT2D eigenvalue weighted by atomic mass is 19.3. The lowest BCUT2D eigenvalue weighted by Gasteiger charge is -2.20. The van der Waals surface area contributed by atoms with Crippen LogP contribution in [0.1, 0.15) is 25.3 Å². The molecule has 0 amide bonds. The van der Waals surface area contributed by atoms with E-state index in [4.69, 9.17) is 4.74 Å². The van der Waals surface area contributed by atoms with Crippen LogP contribution >= 0.6 is 0 Å². The normalized spacial score (nSPS) is 20.1. The number of alkyl halides is 2. The van der Waals surface area contributed by atoms with Crippen molar-refractivity contribution in [3.8, 4) is 5.75 Å². The summed E-state index contributed by atoms with van der Waals surface area (Å²) in [5, 5.41) is 3.12. The Hall–Kier alpha value is -1.16. The van der Waals surface area contributed by atoms with E-state index >= 15 is 0 Å². The van der Waals surface area contributed by atoms with Gasteiger partial charge >= 0.3 is 0 Å². The summed E-state index contributed by atoms with van der Waals surface area (Å²) in [5.74, 6) is -2.03. The number of nitrogens with one attached hydrogen (secondary N) is 1.